The Kier molecular flexibility index (Phi) is 8.58. The third-order valence-corrected chi connectivity index (χ3v) is 5.66. The van der Waals surface area contributed by atoms with E-state index in [0.717, 1.165) is 18.2 Å². The second-order valence-corrected chi connectivity index (χ2v) is 7.72. The van der Waals surface area contributed by atoms with Crippen LogP contribution in [-0.4, -0.2) is 17.9 Å². The summed E-state index contributed by atoms with van der Waals surface area (Å²) in [5.41, 5.74) is 0. The van der Waals surface area contributed by atoms with E-state index in [4.69, 9.17) is 4.74 Å². The molecule has 3 unspecified atom stereocenters. The van der Waals surface area contributed by atoms with E-state index in [1.807, 2.05) is 0 Å². The smallest absolute Gasteiger partial charge is 0.309 e. The summed E-state index contributed by atoms with van der Waals surface area (Å²) in [6.07, 6.45) is 18.3. The molecule has 0 aromatic heterocycles. The Balaban J connectivity index is 1.37. The quantitative estimate of drug-likeness (QED) is 0.192. The summed E-state index contributed by atoms with van der Waals surface area (Å²) in [5, 5.41) is 1.14. The number of carbonyl (C=O) groups is 1. The Hall–Kier alpha value is -0.310. The fourth-order valence-corrected chi connectivity index (χ4v) is 4.16. The summed E-state index contributed by atoms with van der Waals surface area (Å²) >= 11 is 3.47. The molecule has 0 amide bonds. The van der Waals surface area contributed by atoms with Crippen LogP contribution >= 0.6 is 15.9 Å². The van der Waals surface area contributed by atoms with E-state index in [-0.39, 0.29) is 11.9 Å². The summed E-state index contributed by atoms with van der Waals surface area (Å²) in [6.45, 7) is 0.627. The van der Waals surface area contributed by atoms with Gasteiger partial charge in [0.1, 0.15) is 0 Å². The summed E-state index contributed by atoms with van der Waals surface area (Å²) in [7, 11) is 0. The first-order valence-corrected chi connectivity index (χ1v) is 10.3. The summed E-state index contributed by atoms with van der Waals surface area (Å²) in [6, 6.07) is 0. The van der Waals surface area contributed by atoms with Gasteiger partial charge < -0.3 is 4.74 Å². The van der Waals surface area contributed by atoms with E-state index >= 15 is 0 Å². The normalized spacial score (nSPS) is 25.8. The van der Waals surface area contributed by atoms with Crippen LogP contribution in [0.3, 0.4) is 0 Å². The van der Waals surface area contributed by atoms with Gasteiger partial charge in [0, 0.05) is 5.33 Å². The Bertz CT molecular complexity index is 353. The van der Waals surface area contributed by atoms with Gasteiger partial charge in [-0.05, 0) is 37.5 Å². The lowest BCUT2D eigenvalue weighted by molar-refractivity contribution is -0.149. The first-order chi connectivity index (χ1) is 10.8. The molecule has 0 spiro atoms. The number of hydrogen-bond donors (Lipinski definition) is 0. The van der Waals surface area contributed by atoms with Gasteiger partial charge in [-0.1, -0.05) is 73.0 Å². The third-order valence-electron chi connectivity index (χ3n) is 5.10. The molecule has 0 saturated heterocycles. The lowest BCUT2D eigenvalue weighted by atomic mass is 9.94. The van der Waals surface area contributed by atoms with Gasteiger partial charge in [0.25, 0.3) is 0 Å². The molecule has 2 aliphatic rings. The Labute approximate surface area is 144 Å². The Morgan fingerprint density at radius 1 is 0.909 bits per heavy atom. The van der Waals surface area contributed by atoms with Gasteiger partial charge in [0.05, 0.1) is 12.5 Å². The fraction of sp³-hybridized carbons (Fsp3) is 0.842. The van der Waals surface area contributed by atoms with Gasteiger partial charge in [-0.3, -0.25) is 4.79 Å². The number of fused-ring (bicyclic) bond motifs is 2. The number of alkyl halides is 1. The van der Waals surface area contributed by atoms with Gasteiger partial charge in [0.2, 0.25) is 0 Å². The monoisotopic (exact) mass is 370 g/mol. The Morgan fingerprint density at radius 3 is 2.09 bits per heavy atom. The molecule has 126 valence electrons. The summed E-state index contributed by atoms with van der Waals surface area (Å²) in [5.74, 6) is 1.34. The van der Waals surface area contributed by atoms with Crippen LogP contribution in [0.4, 0.5) is 0 Å². The maximum Gasteiger partial charge on any atom is 0.309 e. The summed E-state index contributed by atoms with van der Waals surface area (Å²) < 4.78 is 5.47. The molecule has 22 heavy (non-hydrogen) atoms. The molecule has 0 aromatic carbocycles. The van der Waals surface area contributed by atoms with Crippen molar-refractivity contribution in [2.75, 3.05) is 11.9 Å². The molecule has 3 atom stereocenters. The second-order valence-electron chi connectivity index (χ2n) is 6.93. The zero-order valence-electron chi connectivity index (χ0n) is 13.8. The first-order valence-electron chi connectivity index (χ1n) is 9.22. The lowest BCUT2D eigenvalue weighted by Gasteiger charge is -2.16. The highest BCUT2D eigenvalue weighted by Gasteiger charge is 2.40. The molecule has 2 bridgehead atoms. The minimum atomic E-state index is 0.0589. The van der Waals surface area contributed by atoms with Crippen molar-refractivity contribution >= 4 is 21.9 Å². The molecule has 1 fully saturated rings. The van der Waals surface area contributed by atoms with E-state index in [0.29, 0.717) is 18.4 Å². The fourth-order valence-electron chi connectivity index (χ4n) is 3.77. The largest absolute Gasteiger partial charge is 0.465 e. The van der Waals surface area contributed by atoms with Crippen LogP contribution in [0.15, 0.2) is 12.2 Å². The number of allylic oxidation sites excluding steroid dienone is 2. The number of unbranched alkanes of at least 4 members (excludes halogenated alkanes) is 8. The minimum Gasteiger partial charge on any atom is -0.465 e. The second kappa shape index (κ2) is 10.5. The van der Waals surface area contributed by atoms with Crippen molar-refractivity contribution in [3.8, 4) is 0 Å². The molecule has 2 aliphatic carbocycles. The highest BCUT2D eigenvalue weighted by Crippen LogP contribution is 2.43. The van der Waals surface area contributed by atoms with Crippen molar-refractivity contribution in [1.29, 1.82) is 0 Å². The van der Waals surface area contributed by atoms with E-state index in [1.165, 1.54) is 57.8 Å². The van der Waals surface area contributed by atoms with Crippen molar-refractivity contribution in [3.63, 3.8) is 0 Å². The molecular weight excluding hydrogens is 340 g/mol. The van der Waals surface area contributed by atoms with Gasteiger partial charge >= 0.3 is 5.97 Å². The maximum absolute atomic E-state index is 12.0. The number of halogens is 1. The molecular formula is C19H31BrO2. The van der Waals surface area contributed by atoms with Gasteiger partial charge in [0.15, 0.2) is 0 Å². The maximum atomic E-state index is 12.0. The third kappa shape index (κ3) is 6.06. The van der Waals surface area contributed by atoms with Crippen LogP contribution in [0.2, 0.25) is 0 Å². The molecule has 0 radical (unpaired) electrons. The molecule has 0 aromatic rings. The van der Waals surface area contributed by atoms with Crippen molar-refractivity contribution in [3.05, 3.63) is 12.2 Å². The van der Waals surface area contributed by atoms with Crippen molar-refractivity contribution < 1.29 is 9.53 Å². The number of rotatable bonds is 12. The average molecular weight is 371 g/mol. The van der Waals surface area contributed by atoms with Crippen LogP contribution < -0.4 is 0 Å². The predicted molar refractivity (Wildman–Crippen MR) is 95.2 cm³/mol. The number of ether oxygens (including phenoxy) is 1. The summed E-state index contributed by atoms with van der Waals surface area (Å²) in [4.78, 5) is 12.0. The van der Waals surface area contributed by atoms with Crippen molar-refractivity contribution in [2.24, 2.45) is 17.8 Å². The highest BCUT2D eigenvalue weighted by molar-refractivity contribution is 9.09. The SMILES string of the molecule is O=C(OCCCCCCCCCCCBr)C1CC2C=CC1C2. The predicted octanol–water partition coefficient (Wildman–Crippen LogP) is 5.65. The van der Waals surface area contributed by atoms with Crippen LogP contribution in [-0.2, 0) is 9.53 Å². The minimum absolute atomic E-state index is 0.0589. The number of carbonyl (C=O) groups excluding carboxylic acids is 1. The molecule has 3 heteroatoms. The number of hydrogen-bond acceptors (Lipinski definition) is 2. The van der Waals surface area contributed by atoms with E-state index in [2.05, 4.69) is 28.1 Å². The Morgan fingerprint density at radius 2 is 1.55 bits per heavy atom. The van der Waals surface area contributed by atoms with E-state index < -0.39 is 0 Å². The highest BCUT2D eigenvalue weighted by atomic mass is 79.9. The van der Waals surface area contributed by atoms with E-state index in [1.54, 1.807) is 0 Å². The molecule has 1 saturated carbocycles. The van der Waals surface area contributed by atoms with Gasteiger partial charge in [-0.15, -0.1) is 0 Å². The van der Waals surface area contributed by atoms with Crippen LogP contribution in [0.25, 0.3) is 0 Å². The van der Waals surface area contributed by atoms with Crippen molar-refractivity contribution in [1.82, 2.24) is 0 Å². The van der Waals surface area contributed by atoms with Crippen LogP contribution in [0.1, 0.15) is 70.6 Å². The average Bonchev–Trinajstić information content (AvgIpc) is 3.15. The van der Waals surface area contributed by atoms with Crippen LogP contribution in [0.5, 0.6) is 0 Å². The first kappa shape index (κ1) is 18.0. The van der Waals surface area contributed by atoms with Gasteiger partial charge in [-0.2, -0.15) is 0 Å². The molecule has 0 heterocycles. The standard InChI is InChI=1S/C19H31BrO2/c20-12-8-6-4-2-1-3-5-7-9-13-22-19(21)18-15-16-10-11-17(18)14-16/h10-11,16-18H,1-9,12-15H2. The lowest BCUT2D eigenvalue weighted by Crippen LogP contribution is -2.21. The van der Waals surface area contributed by atoms with Crippen LogP contribution in [0, 0.1) is 17.8 Å². The molecule has 2 rings (SSSR count). The van der Waals surface area contributed by atoms with Crippen molar-refractivity contribution in [2.45, 2.75) is 70.6 Å². The molecule has 2 nitrogen and oxygen atoms in total. The van der Waals surface area contributed by atoms with Gasteiger partial charge in [-0.25, -0.2) is 0 Å². The van der Waals surface area contributed by atoms with E-state index in [9.17, 15) is 4.79 Å². The number of esters is 1. The molecule has 0 N–H and O–H groups in total. The zero-order chi connectivity index (χ0) is 15.6. The topological polar surface area (TPSA) is 26.3 Å². The zero-order valence-corrected chi connectivity index (χ0v) is 15.4. The molecule has 0 aliphatic heterocycles.